The number of imidazole rings is 1. The first-order chi connectivity index (χ1) is 12.8. The Hall–Kier alpha value is -2.32. The van der Waals surface area contributed by atoms with E-state index in [-0.39, 0.29) is 11.9 Å². The third kappa shape index (κ3) is 3.61. The molecule has 2 aromatic rings. The fourth-order valence-electron chi connectivity index (χ4n) is 4.09. The van der Waals surface area contributed by atoms with Crippen molar-refractivity contribution in [1.29, 1.82) is 0 Å². The van der Waals surface area contributed by atoms with Gasteiger partial charge in [-0.1, -0.05) is 0 Å². The van der Waals surface area contributed by atoms with Crippen LogP contribution in [-0.2, 0) is 0 Å². The Labute approximate surface area is 153 Å². The number of hydrogen-bond donors (Lipinski definition) is 1. The number of amides is 1. The first-order valence-corrected chi connectivity index (χ1v) is 9.35. The number of nitrogens with one attached hydrogen (secondary N) is 1. The summed E-state index contributed by atoms with van der Waals surface area (Å²) in [6.45, 7) is 4.40. The molecular weight excluding hydrogens is 330 g/mol. The molecule has 0 spiro atoms. The Balaban J connectivity index is 1.48. The smallest absolute Gasteiger partial charge is 0.291 e. The predicted molar refractivity (Wildman–Crippen MR) is 97.3 cm³/mol. The quantitative estimate of drug-likeness (QED) is 0.868. The van der Waals surface area contributed by atoms with E-state index in [1.165, 1.54) is 6.33 Å². The average molecular weight is 355 g/mol. The minimum absolute atomic E-state index is 0.101. The first-order valence-electron chi connectivity index (χ1n) is 9.35. The van der Waals surface area contributed by atoms with E-state index in [2.05, 4.69) is 25.2 Å². The Kier molecular flexibility index (Phi) is 5.21. The van der Waals surface area contributed by atoms with Crippen LogP contribution in [0.15, 0.2) is 37.3 Å². The molecule has 2 aliphatic rings. The largest absolute Gasteiger partial charge is 0.314 e. The molecule has 138 valence electrons. The monoisotopic (exact) mass is 355 g/mol. The zero-order valence-corrected chi connectivity index (χ0v) is 14.9. The van der Waals surface area contributed by atoms with Crippen LogP contribution in [0.2, 0.25) is 0 Å². The highest BCUT2D eigenvalue weighted by Crippen LogP contribution is 2.27. The SMILES string of the molecule is O=C(c1ccncn1)N(C1CCC(N2CCNCC2)CC1)n1ccnc1. The number of piperazine rings is 1. The lowest BCUT2D eigenvalue weighted by Crippen LogP contribution is -2.53. The first kappa shape index (κ1) is 17.1. The second-order valence-electron chi connectivity index (χ2n) is 6.94. The van der Waals surface area contributed by atoms with Crippen LogP contribution in [-0.4, -0.2) is 68.7 Å². The number of hydrogen-bond acceptors (Lipinski definition) is 6. The molecule has 0 aromatic carbocycles. The summed E-state index contributed by atoms with van der Waals surface area (Å²) >= 11 is 0. The van der Waals surface area contributed by atoms with Crippen LogP contribution in [0.4, 0.5) is 0 Å². The minimum atomic E-state index is -0.101. The summed E-state index contributed by atoms with van der Waals surface area (Å²) in [6, 6.07) is 2.46. The van der Waals surface area contributed by atoms with E-state index in [9.17, 15) is 4.79 Å². The van der Waals surface area contributed by atoms with E-state index in [1.807, 2.05) is 11.2 Å². The lowest BCUT2D eigenvalue weighted by atomic mass is 9.89. The summed E-state index contributed by atoms with van der Waals surface area (Å²) in [7, 11) is 0. The van der Waals surface area contributed by atoms with E-state index in [0.29, 0.717) is 11.7 Å². The molecule has 0 atom stereocenters. The van der Waals surface area contributed by atoms with Crippen LogP contribution < -0.4 is 10.3 Å². The van der Waals surface area contributed by atoms with Gasteiger partial charge in [0, 0.05) is 50.8 Å². The van der Waals surface area contributed by atoms with Crippen LogP contribution in [0.1, 0.15) is 36.2 Å². The minimum Gasteiger partial charge on any atom is -0.314 e. The molecule has 26 heavy (non-hydrogen) atoms. The van der Waals surface area contributed by atoms with Crippen molar-refractivity contribution < 1.29 is 4.79 Å². The second-order valence-corrected chi connectivity index (χ2v) is 6.94. The van der Waals surface area contributed by atoms with Gasteiger partial charge in [-0.15, -0.1) is 0 Å². The number of carbonyl (C=O) groups is 1. The molecular formula is C18H25N7O. The highest BCUT2D eigenvalue weighted by Gasteiger charge is 2.33. The lowest BCUT2D eigenvalue weighted by molar-refractivity contribution is 0.0898. The van der Waals surface area contributed by atoms with E-state index < -0.39 is 0 Å². The highest BCUT2D eigenvalue weighted by atomic mass is 16.2. The average Bonchev–Trinajstić information content (AvgIpc) is 3.24. The molecule has 0 radical (unpaired) electrons. The van der Waals surface area contributed by atoms with Crippen molar-refractivity contribution >= 4 is 5.91 Å². The van der Waals surface area contributed by atoms with Crippen molar-refractivity contribution in [3.8, 4) is 0 Å². The molecule has 8 nitrogen and oxygen atoms in total. The zero-order valence-electron chi connectivity index (χ0n) is 14.9. The maximum atomic E-state index is 13.1. The summed E-state index contributed by atoms with van der Waals surface area (Å²) in [6.07, 6.45) is 12.4. The molecule has 2 fully saturated rings. The van der Waals surface area contributed by atoms with Crippen molar-refractivity contribution in [3.05, 3.63) is 43.0 Å². The van der Waals surface area contributed by atoms with Gasteiger partial charge >= 0.3 is 0 Å². The number of carbonyl (C=O) groups excluding carboxylic acids is 1. The van der Waals surface area contributed by atoms with Gasteiger partial charge in [-0.3, -0.25) is 9.69 Å². The number of nitrogens with zero attached hydrogens (tertiary/aromatic N) is 6. The molecule has 1 aliphatic heterocycles. The molecule has 0 bridgehead atoms. The van der Waals surface area contributed by atoms with Crippen LogP contribution in [0.25, 0.3) is 0 Å². The molecule has 4 rings (SSSR count). The standard InChI is InChI=1S/C18H25N7O/c26-18(17-5-6-20-13-22-17)25(24-12-9-21-14-24)16-3-1-15(2-4-16)23-10-7-19-8-11-23/h5-6,9,12-16,19H,1-4,7-8,10-11H2. The Morgan fingerprint density at radius 1 is 1.12 bits per heavy atom. The Morgan fingerprint density at radius 2 is 1.92 bits per heavy atom. The summed E-state index contributed by atoms with van der Waals surface area (Å²) < 4.78 is 1.79. The number of aromatic nitrogens is 4. The van der Waals surface area contributed by atoms with Gasteiger partial charge in [0.25, 0.3) is 5.91 Å². The summed E-state index contributed by atoms with van der Waals surface area (Å²) in [5.41, 5.74) is 0.415. The van der Waals surface area contributed by atoms with Crippen LogP contribution >= 0.6 is 0 Å². The van der Waals surface area contributed by atoms with Gasteiger partial charge in [0.2, 0.25) is 0 Å². The molecule has 0 unspecified atom stereocenters. The van der Waals surface area contributed by atoms with Gasteiger partial charge in [0.05, 0.1) is 6.04 Å². The van der Waals surface area contributed by atoms with E-state index in [0.717, 1.165) is 51.9 Å². The molecule has 1 amide bonds. The van der Waals surface area contributed by atoms with Crippen molar-refractivity contribution in [3.63, 3.8) is 0 Å². The molecule has 3 heterocycles. The maximum absolute atomic E-state index is 13.1. The summed E-state index contributed by atoms with van der Waals surface area (Å²) in [5, 5.41) is 5.22. The fraction of sp³-hybridized carbons (Fsp3) is 0.556. The fourth-order valence-corrected chi connectivity index (χ4v) is 4.09. The summed E-state index contributed by atoms with van der Waals surface area (Å²) in [4.78, 5) is 27.9. The van der Waals surface area contributed by atoms with Crippen LogP contribution in [0.5, 0.6) is 0 Å². The molecule has 1 saturated carbocycles. The maximum Gasteiger partial charge on any atom is 0.291 e. The molecule has 8 heteroatoms. The summed E-state index contributed by atoms with van der Waals surface area (Å²) in [5.74, 6) is -0.101. The Morgan fingerprint density at radius 3 is 2.58 bits per heavy atom. The van der Waals surface area contributed by atoms with E-state index in [1.54, 1.807) is 29.5 Å². The van der Waals surface area contributed by atoms with Gasteiger partial charge < -0.3 is 5.32 Å². The van der Waals surface area contributed by atoms with Crippen molar-refractivity contribution in [2.24, 2.45) is 0 Å². The third-order valence-electron chi connectivity index (χ3n) is 5.43. The molecule has 1 aliphatic carbocycles. The Bertz CT molecular complexity index is 692. The van der Waals surface area contributed by atoms with Crippen molar-refractivity contribution in [2.45, 2.75) is 37.8 Å². The van der Waals surface area contributed by atoms with Gasteiger partial charge in [0.1, 0.15) is 18.3 Å². The van der Waals surface area contributed by atoms with Gasteiger partial charge in [-0.25, -0.2) is 24.6 Å². The van der Waals surface area contributed by atoms with Crippen LogP contribution in [0.3, 0.4) is 0 Å². The molecule has 1 saturated heterocycles. The van der Waals surface area contributed by atoms with Crippen molar-refractivity contribution in [1.82, 2.24) is 29.8 Å². The topological polar surface area (TPSA) is 79.2 Å². The van der Waals surface area contributed by atoms with Crippen LogP contribution in [0, 0.1) is 0 Å². The second kappa shape index (κ2) is 7.92. The van der Waals surface area contributed by atoms with Crippen molar-refractivity contribution in [2.75, 3.05) is 31.2 Å². The predicted octanol–water partition coefficient (Wildman–Crippen LogP) is 0.668. The van der Waals surface area contributed by atoms with E-state index >= 15 is 0 Å². The van der Waals surface area contributed by atoms with E-state index in [4.69, 9.17) is 0 Å². The normalized spacial score (nSPS) is 24.3. The highest BCUT2D eigenvalue weighted by molar-refractivity contribution is 6.00. The number of rotatable bonds is 4. The van der Waals surface area contributed by atoms with Gasteiger partial charge in [-0.05, 0) is 31.7 Å². The molecule has 2 aromatic heterocycles. The van der Waals surface area contributed by atoms with Gasteiger partial charge in [0.15, 0.2) is 0 Å². The third-order valence-corrected chi connectivity index (χ3v) is 5.43. The lowest BCUT2D eigenvalue weighted by Gasteiger charge is -2.41. The van der Waals surface area contributed by atoms with Gasteiger partial charge in [-0.2, -0.15) is 0 Å². The molecule has 1 N–H and O–H groups in total. The zero-order chi connectivity index (χ0) is 17.8.